The van der Waals surface area contributed by atoms with Crippen LogP contribution in [0.25, 0.3) is 0 Å². The minimum atomic E-state index is -0.319. The third-order valence-corrected chi connectivity index (χ3v) is 1.36. The second kappa shape index (κ2) is 4.15. The van der Waals surface area contributed by atoms with Gasteiger partial charge in [-0.25, -0.2) is 0 Å². The molecule has 0 aliphatic carbocycles. The fraction of sp³-hybridized carbons (Fsp3) is 0.500. The van der Waals surface area contributed by atoms with Crippen LogP contribution in [0.5, 0.6) is 0 Å². The van der Waals surface area contributed by atoms with Gasteiger partial charge in [0.2, 0.25) is 0 Å². The second-order valence-corrected chi connectivity index (χ2v) is 2.04. The van der Waals surface area contributed by atoms with E-state index in [4.69, 9.17) is 33.4 Å². The van der Waals surface area contributed by atoms with Crippen molar-refractivity contribution in [3.8, 4) is 0 Å². The zero-order valence-electron chi connectivity index (χ0n) is 4.06. The molecule has 0 saturated carbocycles. The number of aliphatic hydroxyl groups excluding tert-OH is 2. The molecule has 0 amide bonds. The molecule has 0 radical (unpaired) electrons. The average molecular weight is 157 g/mol. The Morgan fingerprint density at radius 1 is 1.00 bits per heavy atom. The van der Waals surface area contributed by atoms with Crippen molar-refractivity contribution < 1.29 is 10.2 Å². The van der Waals surface area contributed by atoms with Crippen molar-refractivity contribution in [1.82, 2.24) is 0 Å². The van der Waals surface area contributed by atoms with Gasteiger partial charge in [-0.1, -0.05) is 23.2 Å². The first-order valence-electron chi connectivity index (χ1n) is 1.97. The molecule has 0 atom stereocenters. The van der Waals surface area contributed by atoms with Crippen LogP contribution in [-0.2, 0) is 0 Å². The van der Waals surface area contributed by atoms with Crippen LogP contribution in [0.3, 0.4) is 0 Å². The quantitative estimate of drug-likeness (QED) is 0.618. The van der Waals surface area contributed by atoms with Crippen LogP contribution < -0.4 is 0 Å². The van der Waals surface area contributed by atoms with Crippen molar-refractivity contribution in [2.75, 3.05) is 13.2 Å². The minimum absolute atomic E-state index is 0.0918. The molecule has 0 fully saturated rings. The Balaban J connectivity index is 3.83. The highest BCUT2D eigenvalue weighted by Crippen LogP contribution is 2.10. The van der Waals surface area contributed by atoms with E-state index in [1.807, 2.05) is 0 Å². The van der Waals surface area contributed by atoms with Crippen molar-refractivity contribution in [2.45, 2.75) is 0 Å². The van der Waals surface area contributed by atoms with E-state index in [9.17, 15) is 0 Å². The Kier molecular flexibility index (Phi) is 4.28. The molecule has 0 aromatic rings. The van der Waals surface area contributed by atoms with E-state index in [2.05, 4.69) is 0 Å². The second-order valence-electron chi connectivity index (χ2n) is 1.13. The molecule has 0 aromatic heterocycles. The van der Waals surface area contributed by atoms with Crippen LogP contribution in [0, 0.1) is 0 Å². The molecule has 2 nitrogen and oxygen atoms in total. The normalized spacial score (nSPS) is 13.5. The summed E-state index contributed by atoms with van der Waals surface area (Å²) in [5, 5.41) is 16.7. The highest BCUT2D eigenvalue weighted by Gasteiger charge is 1.95. The fourth-order valence-corrected chi connectivity index (χ4v) is 0.291. The highest BCUT2D eigenvalue weighted by molar-refractivity contribution is 6.39. The van der Waals surface area contributed by atoms with Crippen molar-refractivity contribution in [2.24, 2.45) is 0 Å². The predicted molar refractivity (Wildman–Crippen MR) is 32.9 cm³/mol. The summed E-state index contributed by atoms with van der Waals surface area (Å²) in [7, 11) is 0. The largest absolute Gasteiger partial charge is 0.391 e. The molecule has 0 rings (SSSR count). The van der Waals surface area contributed by atoms with E-state index in [0.717, 1.165) is 0 Å². The maximum atomic E-state index is 8.25. The average Bonchev–Trinajstić information content (AvgIpc) is 1.84. The van der Waals surface area contributed by atoms with Gasteiger partial charge in [0, 0.05) is 0 Å². The Bertz CT molecular complexity index is 88.2. The lowest BCUT2D eigenvalue weighted by molar-refractivity contribution is 0.323. The third kappa shape index (κ3) is 2.52. The van der Waals surface area contributed by atoms with Crippen LogP contribution in [0.4, 0.5) is 0 Å². The smallest absolute Gasteiger partial charge is 0.0800 e. The molecular weight excluding hydrogens is 151 g/mol. The molecule has 2 N–H and O–H groups in total. The van der Waals surface area contributed by atoms with Crippen molar-refractivity contribution in [3.05, 3.63) is 10.1 Å². The summed E-state index contributed by atoms with van der Waals surface area (Å²) >= 11 is 10.5. The lowest BCUT2D eigenvalue weighted by atomic mass is 10.5. The van der Waals surface area contributed by atoms with Gasteiger partial charge < -0.3 is 10.2 Å². The van der Waals surface area contributed by atoms with Crippen LogP contribution >= 0.6 is 23.2 Å². The monoisotopic (exact) mass is 156 g/mol. The van der Waals surface area contributed by atoms with E-state index >= 15 is 0 Å². The topological polar surface area (TPSA) is 40.5 Å². The molecule has 8 heavy (non-hydrogen) atoms. The van der Waals surface area contributed by atoms with Crippen LogP contribution in [0.1, 0.15) is 0 Å². The van der Waals surface area contributed by atoms with Gasteiger partial charge in [-0.2, -0.15) is 0 Å². The molecule has 0 unspecified atom stereocenters. The van der Waals surface area contributed by atoms with Gasteiger partial charge in [-0.15, -0.1) is 0 Å². The van der Waals surface area contributed by atoms with Gasteiger partial charge in [0.25, 0.3) is 0 Å². The summed E-state index contributed by atoms with van der Waals surface area (Å²) in [5.74, 6) is 0. The van der Waals surface area contributed by atoms with Crippen molar-refractivity contribution in [3.63, 3.8) is 0 Å². The maximum absolute atomic E-state index is 8.25. The highest BCUT2D eigenvalue weighted by atomic mass is 35.5. The number of hydrogen-bond acceptors (Lipinski definition) is 2. The third-order valence-electron chi connectivity index (χ3n) is 0.572. The molecule has 0 aromatic carbocycles. The van der Waals surface area contributed by atoms with E-state index < -0.39 is 0 Å². The summed E-state index contributed by atoms with van der Waals surface area (Å²) in [5.41, 5.74) is 0. The van der Waals surface area contributed by atoms with Gasteiger partial charge in [0.05, 0.1) is 23.3 Å². The zero-order chi connectivity index (χ0) is 6.57. The summed E-state index contributed by atoms with van der Waals surface area (Å²) in [6.07, 6.45) is 0. The van der Waals surface area contributed by atoms with Gasteiger partial charge in [0.15, 0.2) is 0 Å². The predicted octanol–water partition coefficient (Wildman–Crippen LogP) is 0.660. The summed E-state index contributed by atoms with van der Waals surface area (Å²) in [6.45, 7) is -0.637. The number of halogens is 2. The molecule has 0 aliphatic heterocycles. The number of rotatable bonds is 2. The minimum Gasteiger partial charge on any atom is -0.391 e. The Morgan fingerprint density at radius 2 is 1.25 bits per heavy atom. The lowest BCUT2D eigenvalue weighted by Gasteiger charge is -1.93. The van der Waals surface area contributed by atoms with Gasteiger partial charge in [0.1, 0.15) is 0 Å². The van der Waals surface area contributed by atoms with E-state index in [1.54, 1.807) is 0 Å². The van der Waals surface area contributed by atoms with E-state index in [1.165, 1.54) is 0 Å². The van der Waals surface area contributed by atoms with Gasteiger partial charge in [-0.3, -0.25) is 0 Å². The molecule has 48 valence electrons. The van der Waals surface area contributed by atoms with Crippen molar-refractivity contribution >= 4 is 23.2 Å². The standard InChI is InChI=1S/C4H6Cl2O2/c5-3(1-7)4(6)2-8/h7-8H,1-2H2/b4-3-. The molecular formula is C4H6Cl2O2. The van der Waals surface area contributed by atoms with E-state index in [-0.39, 0.29) is 23.3 Å². The summed E-state index contributed by atoms with van der Waals surface area (Å²) in [6, 6.07) is 0. The summed E-state index contributed by atoms with van der Waals surface area (Å²) in [4.78, 5) is 0. The Hall–Kier alpha value is 0.240. The first-order valence-corrected chi connectivity index (χ1v) is 2.72. The Labute approximate surface area is 57.3 Å². The van der Waals surface area contributed by atoms with E-state index in [0.29, 0.717) is 0 Å². The zero-order valence-corrected chi connectivity index (χ0v) is 5.58. The van der Waals surface area contributed by atoms with Crippen LogP contribution in [-0.4, -0.2) is 23.4 Å². The van der Waals surface area contributed by atoms with Crippen LogP contribution in [0.2, 0.25) is 0 Å². The first kappa shape index (κ1) is 8.24. The fourth-order valence-electron chi connectivity index (χ4n) is 0.172. The number of aliphatic hydroxyl groups is 2. The van der Waals surface area contributed by atoms with Crippen molar-refractivity contribution in [1.29, 1.82) is 0 Å². The molecule has 0 heterocycles. The number of hydrogen-bond donors (Lipinski definition) is 2. The molecule has 0 saturated heterocycles. The molecule has 0 spiro atoms. The summed E-state index contributed by atoms with van der Waals surface area (Å²) < 4.78 is 0. The Morgan fingerprint density at radius 3 is 1.38 bits per heavy atom. The SMILES string of the molecule is OC/C(Cl)=C(/Cl)CO. The molecule has 0 bridgehead atoms. The molecule has 4 heteroatoms. The van der Waals surface area contributed by atoms with Crippen LogP contribution in [0.15, 0.2) is 10.1 Å². The first-order chi connectivity index (χ1) is 3.72. The van der Waals surface area contributed by atoms with Gasteiger partial charge >= 0.3 is 0 Å². The lowest BCUT2D eigenvalue weighted by Crippen LogP contribution is -1.89. The van der Waals surface area contributed by atoms with Gasteiger partial charge in [-0.05, 0) is 0 Å². The maximum Gasteiger partial charge on any atom is 0.0800 e. The molecule has 0 aliphatic rings.